The highest BCUT2D eigenvalue weighted by molar-refractivity contribution is 6.30. The van der Waals surface area contributed by atoms with Crippen molar-refractivity contribution in [2.75, 3.05) is 6.54 Å². The Hall–Kier alpha value is -2.60. The van der Waals surface area contributed by atoms with Crippen LogP contribution in [-0.2, 0) is 12.8 Å². The fraction of sp³-hybridized carbons (Fsp3) is 0.409. The number of likely N-dealkylation sites (tertiary alicyclic amines) is 1. The molecule has 6 nitrogen and oxygen atoms in total. The largest absolute Gasteiger partial charge is 0.443 e. The van der Waals surface area contributed by atoms with Crippen molar-refractivity contribution in [3.8, 4) is 0 Å². The number of oxazole rings is 1. The molecular formula is C22H25ClN4O2. The van der Waals surface area contributed by atoms with Crippen LogP contribution in [-0.4, -0.2) is 32.5 Å². The number of hydrogen-bond donors (Lipinski definition) is 1. The van der Waals surface area contributed by atoms with E-state index in [0.29, 0.717) is 29.6 Å². The lowest BCUT2D eigenvalue weighted by Gasteiger charge is -2.33. The lowest BCUT2D eigenvalue weighted by atomic mass is 10.0. The first-order valence-corrected chi connectivity index (χ1v) is 10.5. The Bertz CT molecular complexity index is 993. The summed E-state index contributed by atoms with van der Waals surface area (Å²) >= 11 is 5.96. The van der Waals surface area contributed by atoms with Crippen molar-refractivity contribution in [2.24, 2.45) is 0 Å². The molecular weight excluding hydrogens is 388 g/mol. The third-order valence-corrected chi connectivity index (χ3v) is 5.83. The number of carbonyl (C=O) groups is 1. The van der Waals surface area contributed by atoms with Crippen LogP contribution >= 0.6 is 11.6 Å². The van der Waals surface area contributed by atoms with E-state index < -0.39 is 0 Å². The van der Waals surface area contributed by atoms with Gasteiger partial charge in [-0.2, -0.15) is 5.10 Å². The van der Waals surface area contributed by atoms with Gasteiger partial charge >= 0.3 is 0 Å². The number of benzene rings is 1. The Balaban J connectivity index is 1.54. The number of carbonyl (C=O) groups excluding carboxylic acids is 1. The highest BCUT2D eigenvalue weighted by Gasteiger charge is 2.33. The molecule has 0 radical (unpaired) electrons. The van der Waals surface area contributed by atoms with E-state index in [9.17, 15) is 4.79 Å². The lowest BCUT2D eigenvalue weighted by molar-refractivity contribution is 0.0563. The number of H-pyrrole nitrogens is 1. The van der Waals surface area contributed by atoms with Crippen molar-refractivity contribution in [1.82, 2.24) is 20.1 Å². The minimum atomic E-state index is -0.156. The average molecular weight is 413 g/mol. The van der Waals surface area contributed by atoms with Gasteiger partial charge in [0, 0.05) is 29.2 Å². The molecule has 7 heteroatoms. The first-order valence-electron chi connectivity index (χ1n) is 10.1. The standard InChI is InChI=1S/C22H25ClN4O2/c1-3-18-14(2)20(26-25-18)22(28)27-11-5-4-6-19(27)21-24-13-17(29-21)12-15-7-9-16(23)10-8-15/h7-10,13,19H,3-6,11-12H2,1-2H3,(H,25,26)/t19-/m1/s1. The van der Waals surface area contributed by atoms with Gasteiger partial charge in [0.15, 0.2) is 5.69 Å². The SMILES string of the molecule is CCc1[nH]nc(C(=O)N2CCCC[C@@H]2c2ncc(Cc3ccc(Cl)cc3)o2)c1C. The molecule has 0 unspecified atom stereocenters. The second-order valence-corrected chi connectivity index (χ2v) is 7.94. The second-order valence-electron chi connectivity index (χ2n) is 7.51. The number of rotatable bonds is 5. The summed E-state index contributed by atoms with van der Waals surface area (Å²) in [7, 11) is 0. The van der Waals surface area contributed by atoms with Gasteiger partial charge in [-0.25, -0.2) is 4.98 Å². The summed E-state index contributed by atoms with van der Waals surface area (Å²) in [6.07, 6.45) is 6.09. The van der Waals surface area contributed by atoms with Crippen molar-refractivity contribution in [3.63, 3.8) is 0 Å². The Kier molecular flexibility index (Phi) is 5.72. The van der Waals surface area contributed by atoms with Crippen LogP contribution in [0.3, 0.4) is 0 Å². The molecule has 4 rings (SSSR count). The monoisotopic (exact) mass is 412 g/mol. The highest BCUT2D eigenvalue weighted by atomic mass is 35.5. The molecule has 1 fully saturated rings. The zero-order chi connectivity index (χ0) is 20.4. The van der Waals surface area contributed by atoms with Gasteiger partial charge in [0.1, 0.15) is 11.8 Å². The Morgan fingerprint density at radius 2 is 2.10 bits per heavy atom. The predicted molar refractivity (Wildman–Crippen MR) is 111 cm³/mol. The summed E-state index contributed by atoms with van der Waals surface area (Å²) in [5, 5.41) is 7.98. The van der Waals surface area contributed by atoms with Gasteiger partial charge in [0.05, 0.1) is 6.20 Å². The molecule has 0 aliphatic carbocycles. The fourth-order valence-corrected chi connectivity index (χ4v) is 4.04. The summed E-state index contributed by atoms with van der Waals surface area (Å²) in [6, 6.07) is 7.54. The van der Waals surface area contributed by atoms with Crippen molar-refractivity contribution in [1.29, 1.82) is 0 Å². The van der Waals surface area contributed by atoms with E-state index in [1.807, 2.05) is 43.0 Å². The molecule has 1 aliphatic rings. The van der Waals surface area contributed by atoms with Gasteiger partial charge in [0.2, 0.25) is 5.89 Å². The molecule has 0 saturated carbocycles. The number of halogens is 1. The third-order valence-electron chi connectivity index (χ3n) is 5.58. The molecule has 1 aliphatic heterocycles. The second kappa shape index (κ2) is 8.41. The van der Waals surface area contributed by atoms with Crippen molar-refractivity contribution in [2.45, 2.75) is 52.0 Å². The zero-order valence-corrected chi connectivity index (χ0v) is 17.5. The first kappa shape index (κ1) is 19.7. The van der Waals surface area contributed by atoms with Crippen LogP contribution in [0.5, 0.6) is 0 Å². The van der Waals surface area contributed by atoms with E-state index in [0.717, 1.165) is 48.3 Å². The minimum Gasteiger partial charge on any atom is -0.443 e. The summed E-state index contributed by atoms with van der Waals surface area (Å²) in [5.41, 5.74) is 3.54. The molecule has 1 aromatic carbocycles. The average Bonchev–Trinajstić information content (AvgIpc) is 3.35. The van der Waals surface area contributed by atoms with Crippen LogP contribution in [0.4, 0.5) is 0 Å². The highest BCUT2D eigenvalue weighted by Crippen LogP contribution is 2.32. The van der Waals surface area contributed by atoms with Gasteiger partial charge in [-0.1, -0.05) is 30.7 Å². The number of aryl methyl sites for hydroxylation is 1. The van der Waals surface area contributed by atoms with E-state index in [4.69, 9.17) is 16.0 Å². The molecule has 1 N–H and O–H groups in total. The van der Waals surface area contributed by atoms with E-state index in [2.05, 4.69) is 15.2 Å². The summed E-state index contributed by atoms with van der Waals surface area (Å²) in [6.45, 7) is 4.68. The van der Waals surface area contributed by atoms with Crippen LogP contribution in [0.2, 0.25) is 5.02 Å². The molecule has 0 spiro atoms. The normalized spacial score (nSPS) is 16.9. The number of piperidine rings is 1. The lowest BCUT2D eigenvalue weighted by Crippen LogP contribution is -2.39. The molecule has 1 amide bonds. The molecule has 152 valence electrons. The molecule has 0 bridgehead atoms. The van der Waals surface area contributed by atoms with Gasteiger partial charge in [-0.05, 0) is 50.3 Å². The molecule has 3 heterocycles. The number of aromatic amines is 1. The molecule has 1 atom stereocenters. The Labute approximate surface area is 175 Å². The maximum Gasteiger partial charge on any atom is 0.275 e. The number of amides is 1. The van der Waals surface area contributed by atoms with Gasteiger partial charge in [-0.15, -0.1) is 0 Å². The van der Waals surface area contributed by atoms with E-state index >= 15 is 0 Å². The van der Waals surface area contributed by atoms with E-state index in [-0.39, 0.29) is 11.9 Å². The first-order chi connectivity index (χ1) is 14.1. The quantitative estimate of drug-likeness (QED) is 0.648. The summed E-state index contributed by atoms with van der Waals surface area (Å²) < 4.78 is 6.06. The van der Waals surface area contributed by atoms with Crippen molar-refractivity contribution in [3.05, 3.63) is 69.7 Å². The number of nitrogens with zero attached hydrogens (tertiary/aromatic N) is 3. The predicted octanol–water partition coefficient (Wildman–Crippen LogP) is 4.88. The van der Waals surface area contributed by atoms with Crippen LogP contribution in [0, 0.1) is 6.92 Å². The topological polar surface area (TPSA) is 75.0 Å². The van der Waals surface area contributed by atoms with Gasteiger partial charge < -0.3 is 9.32 Å². The summed E-state index contributed by atoms with van der Waals surface area (Å²) in [5.74, 6) is 1.33. The van der Waals surface area contributed by atoms with E-state index in [1.54, 1.807) is 6.20 Å². The minimum absolute atomic E-state index is 0.0550. The summed E-state index contributed by atoms with van der Waals surface area (Å²) in [4.78, 5) is 19.6. The maximum atomic E-state index is 13.2. The number of hydrogen-bond acceptors (Lipinski definition) is 4. The number of aromatic nitrogens is 3. The molecule has 3 aromatic rings. The van der Waals surface area contributed by atoms with Crippen LogP contribution in [0.1, 0.15) is 71.2 Å². The smallest absolute Gasteiger partial charge is 0.275 e. The van der Waals surface area contributed by atoms with Gasteiger partial charge in [-0.3, -0.25) is 9.89 Å². The zero-order valence-electron chi connectivity index (χ0n) is 16.7. The Morgan fingerprint density at radius 1 is 1.31 bits per heavy atom. The molecule has 1 saturated heterocycles. The maximum absolute atomic E-state index is 13.2. The van der Waals surface area contributed by atoms with Crippen LogP contribution < -0.4 is 0 Å². The Morgan fingerprint density at radius 3 is 2.83 bits per heavy atom. The third kappa shape index (κ3) is 4.08. The molecule has 2 aromatic heterocycles. The van der Waals surface area contributed by atoms with Crippen molar-refractivity contribution >= 4 is 17.5 Å². The van der Waals surface area contributed by atoms with Crippen molar-refractivity contribution < 1.29 is 9.21 Å². The fourth-order valence-electron chi connectivity index (χ4n) is 3.92. The van der Waals surface area contributed by atoms with Crippen LogP contribution in [0.25, 0.3) is 0 Å². The van der Waals surface area contributed by atoms with E-state index in [1.165, 1.54) is 0 Å². The van der Waals surface area contributed by atoms with Gasteiger partial charge in [0.25, 0.3) is 5.91 Å². The number of nitrogens with one attached hydrogen (secondary N) is 1. The molecule has 29 heavy (non-hydrogen) atoms. The van der Waals surface area contributed by atoms with Crippen LogP contribution in [0.15, 0.2) is 34.9 Å².